The molecule has 0 aliphatic carbocycles. The van der Waals surface area contributed by atoms with Gasteiger partial charge in [0, 0.05) is 10.0 Å². The van der Waals surface area contributed by atoms with Crippen LogP contribution in [-0.2, 0) is 6.42 Å². The summed E-state index contributed by atoms with van der Waals surface area (Å²) >= 11 is 3.54. The lowest BCUT2D eigenvalue weighted by atomic mass is 9.96. The number of aryl methyl sites for hydroxylation is 1. The van der Waals surface area contributed by atoms with Gasteiger partial charge in [-0.25, -0.2) is 0 Å². The van der Waals surface area contributed by atoms with Gasteiger partial charge in [0.2, 0.25) is 0 Å². The Kier molecular flexibility index (Phi) is 5.21. The predicted octanol–water partition coefficient (Wildman–Crippen LogP) is 4.33. The van der Waals surface area contributed by atoms with Gasteiger partial charge in [-0.05, 0) is 42.8 Å². The van der Waals surface area contributed by atoms with Gasteiger partial charge in [-0.1, -0.05) is 47.1 Å². The summed E-state index contributed by atoms with van der Waals surface area (Å²) in [6, 6.07) is 14.9. The van der Waals surface area contributed by atoms with Gasteiger partial charge in [0.15, 0.2) is 0 Å². The van der Waals surface area contributed by atoms with Gasteiger partial charge in [0.05, 0.1) is 13.2 Å². The van der Waals surface area contributed by atoms with Crippen LogP contribution in [0.1, 0.15) is 29.7 Å². The van der Waals surface area contributed by atoms with E-state index in [0.29, 0.717) is 0 Å². The minimum atomic E-state index is 0.119. The number of hydrogen-bond acceptors (Lipinski definition) is 2. The van der Waals surface area contributed by atoms with Crippen molar-refractivity contribution in [3.8, 4) is 5.75 Å². The lowest BCUT2D eigenvalue weighted by molar-refractivity contribution is 0.405. The summed E-state index contributed by atoms with van der Waals surface area (Å²) in [4.78, 5) is 0. The molecule has 0 amide bonds. The number of halogens is 1. The maximum Gasteiger partial charge on any atom is 0.124 e. The van der Waals surface area contributed by atoms with Gasteiger partial charge < -0.3 is 10.1 Å². The molecule has 20 heavy (non-hydrogen) atoms. The summed E-state index contributed by atoms with van der Waals surface area (Å²) in [6.07, 6.45) is 1.06. The fourth-order valence-electron chi connectivity index (χ4n) is 2.38. The zero-order chi connectivity index (χ0) is 14.5. The quantitative estimate of drug-likeness (QED) is 0.879. The van der Waals surface area contributed by atoms with Crippen LogP contribution < -0.4 is 10.1 Å². The molecule has 2 aromatic carbocycles. The molecule has 0 heterocycles. The van der Waals surface area contributed by atoms with Crippen molar-refractivity contribution in [3.05, 3.63) is 63.6 Å². The van der Waals surface area contributed by atoms with Crippen LogP contribution in [0.3, 0.4) is 0 Å². The van der Waals surface area contributed by atoms with Crippen molar-refractivity contribution in [2.45, 2.75) is 19.4 Å². The van der Waals surface area contributed by atoms with E-state index in [-0.39, 0.29) is 6.04 Å². The third-order valence-electron chi connectivity index (χ3n) is 3.51. The molecular weight excluding hydrogens is 314 g/mol. The summed E-state index contributed by atoms with van der Waals surface area (Å²) in [5.74, 6) is 0.895. The minimum Gasteiger partial charge on any atom is -0.496 e. The molecule has 1 N–H and O–H groups in total. The molecular formula is C17H20BrNO. The van der Waals surface area contributed by atoms with E-state index in [1.165, 1.54) is 11.1 Å². The Morgan fingerprint density at radius 1 is 1.15 bits per heavy atom. The smallest absolute Gasteiger partial charge is 0.124 e. The van der Waals surface area contributed by atoms with Crippen molar-refractivity contribution in [1.29, 1.82) is 0 Å². The van der Waals surface area contributed by atoms with E-state index in [1.54, 1.807) is 7.11 Å². The van der Waals surface area contributed by atoms with Crippen molar-refractivity contribution in [2.24, 2.45) is 0 Å². The lowest BCUT2D eigenvalue weighted by Crippen LogP contribution is -2.18. The summed E-state index contributed by atoms with van der Waals surface area (Å²) in [6.45, 7) is 2.17. The molecule has 2 nitrogen and oxygen atoms in total. The topological polar surface area (TPSA) is 21.3 Å². The zero-order valence-electron chi connectivity index (χ0n) is 12.1. The van der Waals surface area contributed by atoms with Crippen LogP contribution in [0.4, 0.5) is 0 Å². The molecule has 2 aromatic rings. The predicted molar refractivity (Wildman–Crippen MR) is 87.4 cm³/mol. The highest BCUT2D eigenvalue weighted by molar-refractivity contribution is 9.10. The number of nitrogens with one attached hydrogen (secondary N) is 1. The van der Waals surface area contributed by atoms with Gasteiger partial charge in [-0.2, -0.15) is 0 Å². The Labute approximate surface area is 129 Å². The first-order valence-electron chi connectivity index (χ1n) is 6.79. The number of benzene rings is 2. The average Bonchev–Trinajstić information content (AvgIpc) is 2.49. The highest BCUT2D eigenvalue weighted by Gasteiger charge is 2.16. The van der Waals surface area contributed by atoms with Crippen molar-refractivity contribution in [3.63, 3.8) is 0 Å². The Morgan fingerprint density at radius 3 is 2.40 bits per heavy atom. The molecule has 3 heteroatoms. The molecule has 0 spiro atoms. The van der Waals surface area contributed by atoms with Crippen LogP contribution in [0.15, 0.2) is 46.9 Å². The zero-order valence-corrected chi connectivity index (χ0v) is 13.7. The number of methoxy groups -OCH3 is 1. The second-order valence-electron chi connectivity index (χ2n) is 4.70. The van der Waals surface area contributed by atoms with E-state index in [1.807, 2.05) is 19.2 Å². The molecule has 2 rings (SSSR count). The summed E-state index contributed by atoms with van der Waals surface area (Å²) < 4.78 is 6.54. The molecule has 0 radical (unpaired) electrons. The Morgan fingerprint density at radius 2 is 1.85 bits per heavy atom. The summed E-state index contributed by atoms with van der Waals surface area (Å²) in [5, 5.41) is 3.37. The molecule has 0 saturated heterocycles. The Bertz CT molecular complexity index is 566. The molecule has 0 aromatic heterocycles. The van der Waals surface area contributed by atoms with Crippen LogP contribution in [-0.4, -0.2) is 14.2 Å². The Balaban J connectivity index is 2.43. The van der Waals surface area contributed by atoms with Crippen LogP contribution in [0.25, 0.3) is 0 Å². The summed E-state index contributed by atoms with van der Waals surface area (Å²) in [7, 11) is 3.68. The van der Waals surface area contributed by atoms with Gasteiger partial charge in [0.1, 0.15) is 5.75 Å². The van der Waals surface area contributed by atoms with Crippen molar-refractivity contribution in [2.75, 3.05) is 14.2 Å². The largest absolute Gasteiger partial charge is 0.496 e. The van der Waals surface area contributed by atoms with E-state index in [2.05, 4.69) is 58.5 Å². The maximum atomic E-state index is 5.49. The minimum absolute atomic E-state index is 0.119. The number of hydrogen-bond donors (Lipinski definition) is 1. The lowest BCUT2D eigenvalue weighted by Gasteiger charge is -2.20. The molecule has 0 aliphatic heterocycles. The van der Waals surface area contributed by atoms with Crippen LogP contribution in [0.2, 0.25) is 0 Å². The molecule has 0 aliphatic rings. The second-order valence-corrected chi connectivity index (χ2v) is 5.62. The SMILES string of the molecule is CCc1ccc(C(NC)c2cc(Br)ccc2OC)cc1. The monoisotopic (exact) mass is 333 g/mol. The molecule has 0 saturated carbocycles. The van der Waals surface area contributed by atoms with Crippen LogP contribution in [0.5, 0.6) is 5.75 Å². The van der Waals surface area contributed by atoms with E-state index in [4.69, 9.17) is 4.74 Å². The first kappa shape index (κ1) is 15.1. The van der Waals surface area contributed by atoms with E-state index in [9.17, 15) is 0 Å². The maximum absolute atomic E-state index is 5.49. The first-order valence-corrected chi connectivity index (χ1v) is 7.58. The van der Waals surface area contributed by atoms with Crippen LogP contribution >= 0.6 is 15.9 Å². The van der Waals surface area contributed by atoms with Gasteiger partial charge >= 0.3 is 0 Å². The highest BCUT2D eigenvalue weighted by Crippen LogP contribution is 2.32. The number of ether oxygens (including phenoxy) is 1. The first-order chi connectivity index (χ1) is 9.69. The van der Waals surface area contributed by atoms with E-state index in [0.717, 1.165) is 22.2 Å². The average molecular weight is 334 g/mol. The normalized spacial score (nSPS) is 12.2. The number of rotatable bonds is 5. The van der Waals surface area contributed by atoms with Crippen LogP contribution in [0, 0.1) is 0 Å². The molecule has 1 atom stereocenters. The molecule has 0 bridgehead atoms. The molecule has 106 valence electrons. The third kappa shape index (κ3) is 3.22. The fourth-order valence-corrected chi connectivity index (χ4v) is 2.76. The highest BCUT2D eigenvalue weighted by atomic mass is 79.9. The third-order valence-corrected chi connectivity index (χ3v) is 4.01. The molecule has 0 fully saturated rings. The second kappa shape index (κ2) is 6.91. The van der Waals surface area contributed by atoms with Crippen molar-refractivity contribution >= 4 is 15.9 Å². The van der Waals surface area contributed by atoms with E-state index < -0.39 is 0 Å². The van der Waals surface area contributed by atoms with E-state index >= 15 is 0 Å². The molecule has 1 unspecified atom stereocenters. The van der Waals surface area contributed by atoms with Gasteiger partial charge in [0.25, 0.3) is 0 Å². The van der Waals surface area contributed by atoms with Gasteiger partial charge in [-0.3, -0.25) is 0 Å². The Hall–Kier alpha value is -1.32. The standard InChI is InChI=1S/C17H20BrNO/c1-4-12-5-7-13(8-6-12)17(19-2)15-11-14(18)9-10-16(15)20-3/h5-11,17,19H,4H2,1-3H3. The van der Waals surface area contributed by atoms with Crippen molar-refractivity contribution < 1.29 is 4.74 Å². The van der Waals surface area contributed by atoms with Gasteiger partial charge in [-0.15, -0.1) is 0 Å². The van der Waals surface area contributed by atoms with Crippen molar-refractivity contribution in [1.82, 2.24) is 5.32 Å². The fraction of sp³-hybridized carbons (Fsp3) is 0.294. The summed E-state index contributed by atoms with van der Waals surface area (Å²) in [5.41, 5.74) is 3.72.